The molecule has 0 aliphatic rings. The van der Waals surface area contributed by atoms with Crippen molar-refractivity contribution >= 4 is 194 Å². The first-order valence-electron chi connectivity index (χ1n) is 46.5. The highest BCUT2D eigenvalue weighted by Crippen LogP contribution is 2.27. The third-order valence-electron chi connectivity index (χ3n) is 13.6. The lowest BCUT2D eigenvalue weighted by Crippen LogP contribution is -2.33. The van der Waals surface area contributed by atoms with Gasteiger partial charge in [0.05, 0.1) is 11.8 Å². The van der Waals surface area contributed by atoms with E-state index in [1.165, 1.54) is 72.6 Å². The minimum Gasteiger partial charge on any atom is -0.353 e. The molecular formula is C104H197N11O11S11. The Labute approximate surface area is 885 Å². The lowest BCUT2D eigenvalue weighted by Gasteiger charge is -2.20. The van der Waals surface area contributed by atoms with Gasteiger partial charge in [-0.25, -0.2) is 0 Å². The first kappa shape index (κ1) is 155. The van der Waals surface area contributed by atoms with Crippen LogP contribution in [0.1, 0.15) is 248 Å². The minimum atomic E-state index is -0.109. The van der Waals surface area contributed by atoms with E-state index in [0.717, 1.165) is 121 Å². The molecule has 11 N–H and O–H groups in total. The van der Waals surface area contributed by atoms with E-state index >= 15 is 0 Å². The summed E-state index contributed by atoms with van der Waals surface area (Å²) >= 11 is 20.3. The van der Waals surface area contributed by atoms with Crippen molar-refractivity contribution in [3.8, 4) is 0 Å². The summed E-state index contributed by atoms with van der Waals surface area (Å²) in [7, 11) is 0. The van der Waals surface area contributed by atoms with Gasteiger partial charge in [-0.3, -0.25) is 52.7 Å². The molecule has 0 aliphatic heterocycles. The Kier molecular flexibility index (Phi) is 110. The Morgan fingerprint density at radius 3 is 0.781 bits per heavy atom. The summed E-state index contributed by atoms with van der Waals surface area (Å²) in [5.74, 6) is 13.8. The van der Waals surface area contributed by atoms with Crippen LogP contribution in [0.4, 0.5) is 0 Å². The van der Waals surface area contributed by atoms with Crippen LogP contribution in [-0.4, -0.2) is 244 Å². The van der Waals surface area contributed by atoms with Gasteiger partial charge < -0.3 is 58.5 Å². The van der Waals surface area contributed by atoms with E-state index < -0.39 is 0 Å². The van der Waals surface area contributed by atoms with Crippen LogP contribution >= 0.6 is 129 Å². The molecule has 33 heteroatoms. The van der Waals surface area contributed by atoms with Crippen molar-refractivity contribution in [3.63, 3.8) is 0 Å². The predicted octanol–water partition coefficient (Wildman–Crippen LogP) is 22.1. The van der Waals surface area contributed by atoms with E-state index in [1.54, 1.807) is 23.5 Å². The minimum absolute atomic E-state index is 0.0779. The maximum Gasteiger partial charge on any atom is 0.244 e. The van der Waals surface area contributed by atoms with Crippen LogP contribution in [0.3, 0.4) is 0 Å². The standard InChI is InChI=1S/2C11H21NOS.3C10H19NOS.4C9H17NOS.2C8H15NOS/c1-6-10(13)12-9(2)7-14-8-11(3,4)5;1-5-10(13)12-7-6-8-14-9-11(2,3)4;1-6-9(12)11-8(2)7-13-10(3,4)5;1-5-9(12)11-6-7-13-8-10(2,3)4;1-5-9(12)11-7-6-8-13-10(2,3)4;1-5-8(11)10-7-12-6-9(2,3)4;1-5-8(11)10-6-7-12-9(2,3)4;1-5-9(11)10-8(4)6-12-7(2)3;1-4-9(11)10-6-5-7-12-8(2)3;1-5-7(10)9-6-11-8(2,3)4;1-4-8(10)9-5-6-11-7(2)3/h6,9H,1,7-8H2,2-5H3,(H,12,13);5H,1,6-9H2,2-4H3,(H,12,13);6,8H,1,7H2,2-5H3,(H,11,12);2*5H,1,6-8H2,2-4H3,(H,11,12);2*5H,1,6-7H2,2-4H3,(H,10,11);5,7-8H,1,6H2,2-4H3,(H,10,11);4,8H,1,5-7H2,2-3H3,(H,10,11);5H,1,6H2,2-4H3,(H,9,10);4,7H,1,5-6H2,2-3H3,(H,9,10). The van der Waals surface area contributed by atoms with Gasteiger partial charge in [0.1, 0.15) is 0 Å². The van der Waals surface area contributed by atoms with Crippen LogP contribution in [0.25, 0.3) is 0 Å². The number of carbonyl (C=O) groups excluding carboxylic acids is 11. The van der Waals surface area contributed by atoms with Gasteiger partial charge in [0.2, 0.25) is 65.0 Å². The van der Waals surface area contributed by atoms with Gasteiger partial charge in [-0.2, -0.15) is 106 Å². The smallest absolute Gasteiger partial charge is 0.244 e. The Bertz CT molecular complexity index is 3190. The normalized spacial score (nSPS) is 11.4. The van der Waals surface area contributed by atoms with Crippen molar-refractivity contribution in [1.29, 1.82) is 0 Å². The SMILES string of the molecule is C=CC(=O)NC(C)CSC(C)(C)C.C=CC(=O)NC(C)CSC(C)C.C=CC(=O)NC(C)CSCC(C)(C)C.C=CC(=O)NCCCSC(C)(C)C.C=CC(=O)NCCCSC(C)C.C=CC(=O)NCCCSCC(C)(C)C.C=CC(=O)NCCSC(C)(C)C.C=CC(=O)NCCSC(C)C.C=CC(=O)NCCSCC(C)(C)C.C=CC(=O)NCSC(C)(C)C.C=CC(=O)NCSCC(C)(C)C. The lowest BCUT2D eigenvalue weighted by atomic mass is 10.0. The van der Waals surface area contributed by atoms with Crippen molar-refractivity contribution in [3.05, 3.63) is 139 Å². The molecule has 0 heterocycles. The molecule has 0 bridgehead atoms. The van der Waals surface area contributed by atoms with Gasteiger partial charge in [0.15, 0.2) is 0 Å². The molecular weight excluding hydrogens is 1930 g/mol. The Hall–Kier alpha value is -4.84. The Morgan fingerprint density at radius 2 is 0.467 bits per heavy atom. The molecule has 0 spiro atoms. The van der Waals surface area contributed by atoms with Gasteiger partial charge in [-0.1, -0.05) is 280 Å². The highest BCUT2D eigenvalue weighted by molar-refractivity contribution is 8.02. The molecule has 0 fully saturated rings. The Morgan fingerprint density at radius 1 is 0.226 bits per heavy atom. The van der Waals surface area contributed by atoms with E-state index in [-0.39, 0.29) is 97.3 Å². The molecule has 3 atom stereocenters. The second kappa shape index (κ2) is 97.2. The summed E-state index contributed by atoms with van der Waals surface area (Å²) in [4.78, 5) is 118. The number of nitrogens with one attached hydrogen (secondary N) is 11. The van der Waals surface area contributed by atoms with Crippen molar-refractivity contribution in [2.75, 3.05) is 126 Å². The summed E-state index contributed by atoms with van der Waals surface area (Å²) in [6, 6.07) is 0.644. The molecule has 800 valence electrons. The number of carbonyl (C=O) groups is 11. The number of hydrogen-bond acceptors (Lipinski definition) is 22. The van der Waals surface area contributed by atoms with Crippen LogP contribution in [0.15, 0.2) is 139 Å². The first-order chi connectivity index (χ1) is 62.8. The van der Waals surface area contributed by atoms with Crippen LogP contribution in [-0.2, 0) is 52.7 Å². The molecule has 0 aromatic heterocycles. The van der Waals surface area contributed by atoms with Crippen LogP contribution in [0.5, 0.6) is 0 Å². The zero-order valence-corrected chi connectivity index (χ0v) is 101. The molecule has 22 nitrogen and oxygen atoms in total. The van der Waals surface area contributed by atoms with Gasteiger partial charge in [0.25, 0.3) is 0 Å². The molecule has 0 aromatic rings. The summed E-state index contributed by atoms with van der Waals surface area (Å²) in [5, 5.41) is 32.2. The second-order valence-electron chi connectivity index (χ2n) is 39.7. The van der Waals surface area contributed by atoms with Gasteiger partial charge >= 0.3 is 0 Å². The van der Waals surface area contributed by atoms with E-state index in [2.05, 4.69) is 339 Å². The molecule has 0 saturated heterocycles. The van der Waals surface area contributed by atoms with Crippen LogP contribution in [0.2, 0.25) is 0 Å². The molecule has 0 radical (unpaired) electrons. The molecule has 0 rings (SSSR count). The molecule has 11 amide bonds. The maximum atomic E-state index is 10.9. The van der Waals surface area contributed by atoms with E-state index in [0.29, 0.717) is 60.5 Å². The molecule has 0 aromatic carbocycles. The average molecular weight is 2130 g/mol. The summed E-state index contributed by atoms with van der Waals surface area (Å²) in [6.45, 7) is 113. The molecule has 0 aliphatic carbocycles. The Balaban J connectivity index is -0.000000142. The second-order valence-corrected chi connectivity index (χ2v) is 56.4. The van der Waals surface area contributed by atoms with Crippen molar-refractivity contribution < 1.29 is 52.7 Å². The first-order valence-corrected chi connectivity index (χ1v) is 58.3. The maximum absolute atomic E-state index is 10.9. The summed E-state index contributed by atoms with van der Waals surface area (Å²) in [5.41, 5.74) is 1.44. The monoisotopic (exact) mass is 2130 g/mol. The number of rotatable bonds is 52. The average Bonchev–Trinajstić information content (AvgIpc) is 0.952. The van der Waals surface area contributed by atoms with Crippen molar-refractivity contribution in [2.24, 2.45) is 21.7 Å². The lowest BCUT2D eigenvalue weighted by molar-refractivity contribution is -0.117. The van der Waals surface area contributed by atoms with Crippen molar-refractivity contribution in [1.82, 2.24) is 58.5 Å². The highest BCUT2D eigenvalue weighted by Gasteiger charge is 2.18. The molecule has 137 heavy (non-hydrogen) atoms. The fraction of sp³-hybridized carbons (Fsp3) is 0.683. The number of amides is 11. The van der Waals surface area contributed by atoms with E-state index in [9.17, 15) is 52.7 Å². The quantitative estimate of drug-likeness (QED) is 0.0153. The van der Waals surface area contributed by atoms with Crippen LogP contribution in [0, 0.1) is 21.7 Å². The zero-order chi connectivity index (χ0) is 109. The fourth-order valence-electron chi connectivity index (χ4n) is 7.32. The topological polar surface area (TPSA) is 320 Å². The number of hydrogen-bond donors (Lipinski definition) is 11. The van der Waals surface area contributed by atoms with Crippen molar-refractivity contribution in [2.45, 2.75) is 301 Å². The molecule has 3 unspecified atom stereocenters. The molecule has 0 saturated carbocycles. The van der Waals surface area contributed by atoms with Crippen LogP contribution < -0.4 is 58.5 Å². The zero-order valence-electron chi connectivity index (χ0n) is 91.5. The van der Waals surface area contributed by atoms with Gasteiger partial charge in [-0.15, -0.1) is 23.5 Å². The van der Waals surface area contributed by atoms with Gasteiger partial charge in [0, 0.05) is 111 Å². The summed E-state index contributed by atoms with van der Waals surface area (Å²) in [6.07, 6.45) is 17.4. The third kappa shape index (κ3) is 171. The number of thioether (sulfide) groups is 11. The fourth-order valence-corrected chi connectivity index (χ4v) is 17.0. The highest BCUT2D eigenvalue weighted by atomic mass is 32.2. The van der Waals surface area contributed by atoms with E-state index in [1.807, 2.05) is 127 Å². The predicted molar refractivity (Wildman–Crippen MR) is 632 cm³/mol. The largest absolute Gasteiger partial charge is 0.353 e. The van der Waals surface area contributed by atoms with Gasteiger partial charge in [-0.05, 0) is 185 Å². The van der Waals surface area contributed by atoms with E-state index in [4.69, 9.17) is 0 Å². The summed E-state index contributed by atoms with van der Waals surface area (Å²) < 4.78 is 1.06. The third-order valence-corrected chi connectivity index (χ3v) is 29.0.